The molecule has 2 N–H and O–H groups in total. The van der Waals surface area contributed by atoms with Crippen molar-refractivity contribution >= 4 is 33.3 Å². The smallest absolute Gasteiger partial charge is 0.337 e. The first-order chi connectivity index (χ1) is 9.79. The van der Waals surface area contributed by atoms with Crippen LogP contribution in [0.4, 0.5) is 5.69 Å². The molecule has 0 aliphatic carbocycles. The summed E-state index contributed by atoms with van der Waals surface area (Å²) in [6, 6.07) is 10.3. The summed E-state index contributed by atoms with van der Waals surface area (Å²) in [5, 5.41) is 8.74. The summed E-state index contributed by atoms with van der Waals surface area (Å²) in [6.07, 6.45) is 0. The molecule has 0 atom stereocenters. The molecule has 0 spiro atoms. The van der Waals surface area contributed by atoms with Gasteiger partial charge >= 0.3 is 5.97 Å². The summed E-state index contributed by atoms with van der Waals surface area (Å²) in [6.45, 7) is 1.89. The Kier molecular flexibility index (Phi) is 4.20. The van der Waals surface area contributed by atoms with Gasteiger partial charge in [-0.15, -0.1) is 0 Å². The Bertz CT molecular complexity index is 785. The van der Waals surface area contributed by atoms with Crippen LogP contribution in [0.1, 0.15) is 15.9 Å². The highest BCUT2D eigenvalue weighted by atomic mass is 35.5. The molecule has 0 amide bonds. The number of aryl methyl sites for hydroxylation is 1. The first kappa shape index (κ1) is 15.3. The van der Waals surface area contributed by atoms with E-state index in [1.54, 1.807) is 24.3 Å². The van der Waals surface area contributed by atoms with Crippen LogP contribution >= 0.6 is 11.6 Å². The van der Waals surface area contributed by atoms with Crippen molar-refractivity contribution in [3.8, 4) is 0 Å². The summed E-state index contributed by atoms with van der Waals surface area (Å²) >= 11 is 5.78. The number of anilines is 1. The lowest BCUT2D eigenvalue weighted by Gasteiger charge is -2.09. The van der Waals surface area contributed by atoms with E-state index in [2.05, 4.69) is 4.72 Å². The molecule has 0 aliphatic heterocycles. The second kappa shape index (κ2) is 5.75. The average Bonchev–Trinajstić information content (AvgIpc) is 2.40. The molecule has 0 aromatic heterocycles. The van der Waals surface area contributed by atoms with Gasteiger partial charge in [-0.05, 0) is 37.3 Å². The highest BCUT2D eigenvalue weighted by Crippen LogP contribution is 2.23. The molecule has 2 rings (SSSR count). The molecule has 0 radical (unpaired) electrons. The van der Waals surface area contributed by atoms with Crippen molar-refractivity contribution in [3.63, 3.8) is 0 Å². The van der Waals surface area contributed by atoms with Gasteiger partial charge in [0.05, 0.1) is 15.5 Å². The first-order valence-electron chi connectivity index (χ1n) is 5.92. The van der Waals surface area contributed by atoms with Crippen molar-refractivity contribution in [1.82, 2.24) is 0 Å². The normalized spacial score (nSPS) is 11.1. The van der Waals surface area contributed by atoms with Crippen LogP contribution in [-0.4, -0.2) is 19.5 Å². The molecule has 0 saturated carbocycles. The van der Waals surface area contributed by atoms with E-state index in [9.17, 15) is 13.2 Å². The summed E-state index contributed by atoms with van der Waals surface area (Å²) < 4.78 is 26.8. The fraction of sp³-hybridized carbons (Fsp3) is 0.0714. The quantitative estimate of drug-likeness (QED) is 0.904. The van der Waals surface area contributed by atoms with Crippen LogP contribution in [0, 0.1) is 6.92 Å². The number of benzene rings is 2. The highest BCUT2D eigenvalue weighted by molar-refractivity contribution is 7.92. The van der Waals surface area contributed by atoms with Gasteiger partial charge in [-0.3, -0.25) is 4.72 Å². The monoisotopic (exact) mass is 325 g/mol. The number of halogens is 1. The number of carboxylic acids is 1. The van der Waals surface area contributed by atoms with E-state index in [1.807, 2.05) is 6.92 Å². The lowest BCUT2D eigenvalue weighted by Crippen LogP contribution is -2.13. The number of carbonyl (C=O) groups is 1. The second-order valence-electron chi connectivity index (χ2n) is 4.42. The van der Waals surface area contributed by atoms with Gasteiger partial charge in [-0.25, -0.2) is 13.2 Å². The van der Waals surface area contributed by atoms with Gasteiger partial charge in [0, 0.05) is 5.69 Å². The first-order valence-corrected chi connectivity index (χ1v) is 7.78. The zero-order valence-corrected chi connectivity index (χ0v) is 12.6. The van der Waals surface area contributed by atoms with Crippen molar-refractivity contribution in [2.45, 2.75) is 11.8 Å². The fourth-order valence-corrected chi connectivity index (χ4v) is 3.08. The molecule has 2 aromatic rings. The van der Waals surface area contributed by atoms with Gasteiger partial charge in [0.2, 0.25) is 0 Å². The van der Waals surface area contributed by atoms with Crippen LogP contribution < -0.4 is 4.72 Å². The zero-order chi connectivity index (χ0) is 15.6. The number of nitrogens with one attached hydrogen (secondary N) is 1. The Hall–Kier alpha value is -2.05. The number of sulfonamides is 1. The van der Waals surface area contributed by atoms with Crippen LogP contribution in [0.5, 0.6) is 0 Å². The maximum absolute atomic E-state index is 12.2. The van der Waals surface area contributed by atoms with E-state index in [1.165, 1.54) is 6.07 Å². The number of hydrogen-bond donors (Lipinski definition) is 2. The molecule has 0 saturated heterocycles. The molecule has 0 fully saturated rings. The van der Waals surface area contributed by atoms with E-state index >= 15 is 0 Å². The van der Waals surface area contributed by atoms with Crippen LogP contribution in [0.25, 0.3) is 0 Å². The van der Waals surface area contributed by atoms with E-state index in [-0.39, 0.29) is 15.5 Å². The second-order valence-corrected chi connectivity index (χ2v) is 6.51. The SMILES string of the molecule is Cc1ccc(NS(=O)(=O)c2ccc(C(=O)O)c(Cl)c2)cc1. The number of hydrogen-bond acceptors (Lipinski definition) is 3. The van der Waals surface area contributed by atoms with Crippen molar-refractivity contribution in [3.05, 3.63) is 58.6 Å². The maximum Gasteiger partial charge on any atom is 0.337 e. The average molecular weight is 326 g/mol. The molecule has 2 aromatic carbocycles. The van der Waals surface area contributed by atoms with E-state index in [0.29, 0.717) is 5.69 Å². The standard InChI is InChI=1S/C14H12ClNO4S/c1-9-2-4-10(5-3-9)16-21(19,20)11-6-7-12(14(17)18)13(15)8-11/h2-8,16H,1H3,(H,17,18). The highest BCUT2D eigenvalue weighted by Gasteiger charge is 2.17. The minimum atomic E-state index is -3.82. The van der Waals surface area contributed by atoms with Crippen LogP contribution in [0.2, 0.25) is 5.02 Å². The van der Waals surface area contributed by atoms with E-state index < -0.39 is 16.0 Å². The van der Waals surface area contributed by atoms with Gasteiger partial charge in [0.1, 0.15) is 0 Å². The lowest BCUT2D eigenvalue weighted by atomic mass is 10.2. The molecular formula is C14H12ClNO4S. The zero-order valence-electron chi connectivity index (χ0n) is 11.0. The van der Waals surface area contributed by atoms with E-state index in [0.717, 1.165) is 17.7 Å². The third-order valence-corrected chi connectivity index (χ3v) is 4.48. The Morgan fingerprint density at radius 1 is 1.14 bits per heavy atom. The minimum Gasteiger partial charge on any atom is -0.478 e. The maximum atomic E-state index is 12.2. The van der Waals surface area contributed by atoms with Gasteiger partial charge in [-0.1, -0.05) is 29.3 Å². The third kappa shape index (κ3) is 3.53. The molecule has 5 nitrogen and oxygen atoms in total. The molecule has 0 heterocycles. The lowest BCUT2D eigenvalue weighted by molar-refractivity contribution is 0.0697. The van der Waals surface area contributed by atoms with Crippen LogP contribution in [0.15, 0.2) is 47.4 Å². The van der Waals surface area contributed by atoms with E-state index in [4.69, 9.17) is 16.7 Å². The van der Waals surface area contributed by atoms with Crippen molar-refractivity contribution in [2.75, 3.05) is 4.72 Å². The number of aromatic carboxylic acids is 1. The number of carboxylic acid groups (broad SMARTS) is 1. The molecule has 0 aliphatic rings. The summed E-state index contributed by atoms with van der Waals surface area (Å²) in [5.41, 5.74) is 1.27. The topological polar surface area (TPSA) is 83.5 Å². The Labute approximate surface area is 127 Å². The summed E-state index contributed by atoms with van der Waals surface area (Å²) in [4.78, 5) is 10.8. The van der Waals surface area contributed by atoms with Crippen LogP contribution in [0.3, 0.4) is 0 Å². The molecule has 21 heavy (non-hydrogen) atoms. The largest absolute Gasteiger partial charge is 0.478 e. The van der Waals surface area contributed by atoms with Gasteiger partial charge < -0.3 is 5.11 Å². The van der Waals surface area contributed by atoms with Crippen molar-refractivity contribution in [2.24, 2.45) is 0 Å². The van der Waals surface area contributed by atoms with Crippen LogP contribution in [-0.2, 0) is 10.0 Å². The van der Waals surface area contributed by atoms with Gasteiger partial charge in [0.25, 0.3) is 10.0 Å². The molecule has 0 unspecified atom stereocenters. The van der Waals surface area contributed by atoms with Gasteiger partial charge in [-0.2, -0.15) is 0 Å². The predicted octanol–water partition coefficient (Wildman–Crippen LogP) is 3.15. The molecular weight excluding hydrogens is 314 g/mol. The van der Waals surface area contributed by atoms with Gasteiger partial charge in [0.15, 0.2) is 0 Å². The third-order valence-electron chi connectivity index (χ3n) is 2.79. The number of rotatable bonds is 4. The summed E-state index contributed by atoms with van der Waals surface area (Å²) in [5.74, 6) is -1.21. The van der Waals surface area contributed by atoms with Crippen molar-refractivity contribution < 1.29 is 18.3 Å². The fourth-order valence-electron chi connectivity index (χ4n) is 1.67. The summed E-state index contributed by atoms with van der Waals surface area (Å²) in [7, 11) is -3.82. The molecule has 0 bridgehead atoms. The molecule has 7 heteroatoms. The Morgan fingerprint density at radius 3 is 2.29 bits per heavy atom. The van der Waals surface area contributed by atoms with Crippen molar-refractivity contribution in [1.29, 1.82) is 0 Å². The minimum absolute atomic E-state index is 0.0990. The predicted molar refractivity (Wildman–Crippen MR) is 80.4 cm³/mol. The Balaban J connectivity index is 2.33. The molecule has 110 valence electrons. The Morgan fingerprint density at radius 2 is 1.76 bits per heavy atom.